The number of rotatable bonds is 0. The Balaban J connectivity index is 2.14. The number of hydrogen-bond acceptors (Lipinski definition) is 3. The van der Waals surface area contributed by atoms with Crippen molar-refractivity contribution in [3.63, 3.8) is 0 Å². The van der Waals surface area contributed by atoms with Crippen molar-refractivity contribution in [3.05, 3.63) is 29.3 Å². The van der Waals surface area contributed by atoms with E-state index in [1.807, 2.05) is 26.0 Å². The van der Waals surface area contributed by atoms with Crippen LogP contribution in [0.5, 0.6) is 5.75 Å². The van der Waals surface area contributed by atoms with Crippen LogP contribution in [0.25, 0.3) is 0 Å². The lowest BCUT2D eigenvalue weighted by Crippen LogP contribution is -2.45. The summed E-state index contributed by atoms with van der Waals surface area (Å²) in [4.78, 5) is 0. The largest absolute Gasteiger partial charge is 0.484 e. The molecule has 0 radical (unpaired) electrons. The monoisotopic (exact) mass is 215 g/mol. The molecule has 0 N–H and O–H groups in total. The minimum atomic E-state index is -0.321. The van der Waals surface area contributed by atoms with E-state index in [4.69, 9.17) is 14.7 Å². The smallest absolute Gasteiger partial charge is 0.136 e. The highest BCUT2D eigenvalue weighted by molar-refractivity contribution is 5.49. The van der Waals surface area contributed by atoms with Crippen LogP contribution in [0.2, 0.25) is 0 Å². The standard InChI is InChI=1S/C13H13NO2/c1-12(2)13(3)11(16-13)9-6-8(7-14)4-5-10(9)15-12/h4-6,11H,1-3H3/t11-,13-/m1/s1. The normalized spacial score (nSPS) is 33.0. The van der Waals surface area contributed by atoms with Crippen molar-refractivity contribution in [2.45, 2.75) is 38.1 Å². The lowest BCUT2D eigenvalue weighted by atomic mass is 9.83. The van der Waals surface area contributed by atoms with Crippen molar-refractivity contribution < 1.29 is 9.47 Å². The second kappa shape index (κ2) is 2.58. The van der Waals surface area contributed by atoms with E-state index < -0.39 is 0 Å². The van der Waals surface area contributed by atoms with E-state index in [1.165, 1.54) is 0 Å². The Kier molecular flexibility index (Phi) is 1.56. The van der Waals surface area contributed by atoms with Gasteiger partial charge in [0.05, 0.1) is 11.6 Å². The topological polar surface area (TPSA) is 45.5 Å². The van der Waals surface area contributed by atoms with Gasteiger partial charge in [0, 0.05) is 5.56 Å². The average Bonchev–Trinajstić information content (AvgIpc) is 2.92. The van der Waals surface area contributed by atoms with E-state index in [2.05, 4.69) is 13.0 Å². The molecule has 1 fully saturated rings. The van der Waals surface area contributed by atoms with E-state index >= 15 is 0 Å². The van der Waals surface area contributed by atoms with Gasteiger partial charge in [-0.05, 0) is 39.0 Å². The number of ether oxygens (including phenoxy) is 2. The van der Waals surface area contributed by atoms with Crippen LogP contribution >= 0.6 is 0 Å². The van der Waals surface area contributed by atoms with Gasteiger partial charge in [-0.2, -0.15) is 5.26 Å². The fourth-order valence-electron chi connectivity index (χ4n) is 2.32. The summed E-state index contributed by atoms with van der Waals surface area (Å²) in [6.07, 6.45) is 0.0690. The summed E-state index contributed by atoms with van der Waals surface area (Å²) < 4.78 is 11.7. The number of nitriles is 1. The third-order valence-corrected chi connectivity index (χ3v) is 3.79. The molecule has 3 nitrogen and oxygen atoms in total. The molecular formula is C13H13NO2. The zero-order chi connectivity index (χ0) is 11.6. The molecule has 0 aliphatic carbocycles. The highest BCUT2D eigenvalue weighted by Gasteiger charge is 2.67. The van der Waals surface area contributed by atoms with E-state index in [0.717, 1.165) is 11.3 Å². The van der Waals surface area contributed by atoms with Gasteiger partial charge in [-0.3, -0.25) is 0 Å². The van der Waals surface area contributed by atoms with Gasteiger partial charge in [0.15, 0.2) is 0 Å². The van der Waals surface area contributed by atoms with Gasteiger partial charge >= 0.3 is 0 Å². The van der Waals surface area contributed by atoms with E-state index in [1.54, 1.807) is 6.07 Å². The predicted molar refractivity (Wildman–Crippen MR) is 58.1 cm³/mol. The molecule has 82 valence electrons. The number of benzene rings is 1. The number of hydrogen-bond donors (Lipinski definition) is 0. The van der Waals surface area contributed by atoms with E-state index in [-0.39, 0.29) is 17.3 Å². The lowest BCUT2D eigenvalue weighted by Gasteiger charge is -2.35. The van der Waals surface area contributed by atoms with Gasteiger partial charge in [-0.25, -0.2) is 0 Å². The summed E-state index contributed by atoms with van der Waals surface area (Å²) in [5.41, 5.74) is 1.08. The van der Waals surface area contributed by atoms with Crippen LogP contribution in [0.15, 0.2) is 18.2 Å². The molecule has 2 aliphatic rings. The Morgan fingerprint density at radius 2 is 2.06 bits per heavy atom. The average molecular weight is 215 g/mol. The van der Waals surface area contributed by atoms with Gasteiger partial charge in [-0.1, -0.05) is 0 Å². The molecule has 1 saturated heterocycles. The molecule has 1 aromatic rings. The molecule has 0 bridgehead atoms. The first-order valence-electron chi connectivity index (χ1n) is 5.39. The maximum Gasteiger partial charge on any atom is 0.136 e. The fourth-order valence-corrected chi connectivity index (χ4v) is 2.32. The molecule has 0 aromatic heterocycles. The molecule has 0 unspecified atom stereocenters. The lowest BCUT2D eigenvalue weighted by molar-refractivity contribution is 0.0241. The second-order valence-electron chi connectivity index (χ2n) is 5.08. The van der Waals surface area contributed by atoms with Gasteiger partial charge in [-0.15, -0.1) is 0 Å². The minimum Gasteiger partial charge on any atom is -0.484 e. The molecule has 1 aromatic carbocycles. The Labute approximate surface area is 94.6 Å². The molecular weight excluding hydrogens is 202 g/mol. The summed E-state index contributed by atoms with van der Waals surface area (Å²) in [6.45, 7) is 6.13. The summed E-state index contributed by atoms with van der Waals surface area (Å²) >= 11 is 0. The number of nitrogens with zero attached hydrogens (tertiary/aromatic N) is 1. The first-order chi connectivity index (χ1) is 7.48. The van der Waals surface area contributed by atoms with Crippen LogP contribution in [0, 0.1) is 11.3 Å². The molecule has 3 heteroatoms. The van der Waals surface area contributed by atoms with Crippen LogP contribution in [0.4, 0.5) is 0 Å². The minimum absolute atomic E-state index is 0.0690. The van der Waals surface area contributed by atoms with Crippen molar-refractivity contribution in [1.82, 2.24) is 0 Å². The zero-order valence-corrected chi connectivity index (χ0v) is 9.57. The summed E-state index contributed by atoms with van der Waals surface area (Å²) in [7, 11) is 0. The Bertz CT molecular complexity index is 515. The molecule has 0 saturated carbocycles. The quantitative estimate of drug-likeness (QED) is 0.625. The molecule has 16 heavy (non-hydrogen) atoms. The maximum absolute atomic E-state index is 8.87. The first kappa shape index (κ1) is 9.68. The van der Waals surface area contributed by atoms with Crippen LogP contribution in [0.3, 0.4) is 0 Å². The van der Waals surface area contributed by atoms with Crippen molar-refractivity contribution in [3.8, 4) is 11.8 Å². The van der Waals surface area contributed by atoms with Crippen molar-refractivity contribution in [2.75, 3.05) is 0 Å². The second-order valence-corrected chi connectivity index (χ2v) is 5.08. The third kappa shape index (κ3) is 1.00. The van der Waals surface area contributed by atoms with Crippen LogP contribution in [0.1, 0.15) is 38.0 Å². The van der Waals surface area contributed by atoms with Crippen molar-refractivity contribution >= 4 is 0 Å². The molecule has 2 atom stereocenters. The van der Waals surface area contributed by atoms with Gasteiger partial charge in [0.1, 0.15) is 23.1 Å². The summed E-state index contributed by atoms with van der Waals surface area (Å²) in [5, 5.41) is 8.87. The van der Waals surface area contributed by atoms with E-state index in [9.17, 15) is 0 Å². The van der Waals surface area contributed by atoms with Crippen LogP contribution < -0.4 is 4.74 Å². The Hall–Kier alpha value is -1.53. The highest BCUT2D eigenvalue weighted by Crippen LogP contribution is 2.61. The zero-order valence-electron chi connectivity index (χ0n) is 9.57. The van der Waals surface area contributed by atoms with Crippen LogP contribution in [-0.2, 0) is 4.74 Å². The third-order valence-electron chi connectivity index (χ3n) is 3.79. The molecule has 2 aliphatic heterocycles. The molecule has 0 amide bonds. The molecule has 0 spiro atoms. The Morgan fingerprint density at radius 1 is 1.31 bits per heavy atom. The van der Waals surface area contributed by atoms with Gasteiger partial charge in [0.2, 0.25) is 0 Å². The van der Waals surface area contributed by atoms with E-state index in [0.29, 0.717) is 5.56 Å². The Morgan fingerprint density at radius 3 is 2.75 bits per heavy atom. The fraction of sp³-hybridized carbons (Fsp3) is 0.462. The first-order valence-corrected chi connectivity index (χ1v) is 5.39. The summed E-state index contributed by atoms with van der Waals surface area (Å²) in [5.74, 6) is 0.837. The number of fused-ring (bicyclic) bond motifs is 3. The van der Waals surface area contributed by atoms with Gasteiger partial charge < -0.3 is 9.47 Å². The molecule has 3 rings (SSSR count). The predicted octanol–water partition coefficient (Wildman–Crippen LogP) is 2.56. The number of epoxide rings is 1. The van der Waals surface area contributed by atoms with Crippen molar-refractivity contribution in [2.24, 2.45) is 0 Å². The summed E-state index contributed by atoms with van der Waals surface area (Å²) in [6, 6.07) is 7.64. The maximum atomic E-state index is 8.87. The highest BCUT2D eigenvalue weighted by atomic mass is 16.7. The van der Waals surface area contributed by atoms with Gasteiger partial charge in [0.25, 0.3) is 0 Å². The SMILES string of the molecule is CC1(C)Oc2ccc(C#N)cc2[C@H]2O[C@]21C. The van der Waals surface area contributed by atoms with Crippen LogP contribution in [-0.4, -0.2) is 11.2 Å². The van der Waals surface area contributed by atoms with Crippen molar-refractivity contribution in [1.29, 1.82) is 5.26 Å². The molecule has 2 heterocycles.